The van der Waals surface area contributed by atoms with Gasteiger partial charge in [0.05, 0.1) is 22.2 Å². The molecular weight excluding hydrogens is 302 g/mol. The Kier molecular flexibility index (Phi) is 3.62. The summed E-state index contributed by atoms with van der Waals surface area (Å²) in [7, 11) is 0.509. The van der Waals surface area contributed by atoms with E-state index >= 15 is 0 Å². The van der Waals surface area contributed by atoms with Gasteiger partial charge >= 0.3 is 6.18 Å². The van der Waals surface area contributed by atoms with Crippen molar-refractivity contribution in [2.45, 2.75) is 11.1 Å². The van der Waals surface area contributed by atoms with Gasteiger partial charge in [0.1, 0.15) is 4.90 Å². The zero-order valence-corrected chi connectivity index (χ0v) is 10.0. The lowest BCUT2D eigenvalue weighted by molar-refractivity contribution is -0.137. The Bertz CT molecular complexity index is 604. The number of rotatable bonds is 1. The van der Waals surface area contributed by atoms with E-state index in [1.807, 2.05) is 0 Å². The van der Waals surface area contributed by atoms with Gasteiger partial charge < -0.3 is 0 Å². The molecule has 1 aromatic carbocycles. The van der Waals surface area contributed by atoms with Crippen molar-refractivity contribution in [3.63, 3.8) is 0 Å². The lowest BCUT2D eigenvalue weighted by Gasteiger charge is -2.10. The quantitative estimate of drug-likeness (QED) is 0.749. The SMILES string of the molecule is N#Cc1cc(Cl)c(S(=O)(=O)Cl)cc1C(F)(F)F. The zero-order valence-electron chi connectivity index (χ0n) is 7.72. The molecule has 9 heteroatoms. The highest BCUT2D eigenvalue weighted by Gasteiger charge is 2.35. The zero-order chi connectivity index (χ0) is 13.4. The third-order valence-electron chi connectivity index (χ3n) is 1.76. The molecule has 0 aliphatic heterocycles. The van der Waals surface area contributed by atoms with Crippen LogP contribution in [0.2, 0.25) is 5.02 Å². The first-order chi connectivity index (χ1) is 7.57. The first-order valence-corrected chi connectivity index (χ1v) is 6.51. The normalized spacial score (nSPS) is 12.2. The van der Waals surface area contributed by atoms with Crippen LogP contribution in [0.3, 0.4) is 0 Å². The van der Waals surface area contributed by atoms with Gasteiger partial charge in [0.25, 0.3) is 9.05 Å². The van der Waals surface area contributed by atoms with Crippen LogP contribution in [0.25, 0.3) is 0 Å². The fraction of sp³-hybridized carbons (Fsp3) is 0.125. The first kappa shape index (κ1) is 14.1. The minimum absolute atomic E-state index is 0.239. The molecule has 0 fully saturated rings. The van der Waals surface area contributed by atoms with Gasteiger partial charge in [-0.05, 0) is 12.1 Å². The fourth-order valence-electron chi connectivity index (χ4n) is 1.07. The van der Waals surface area contributed by atoms with E-state index in [2.05, 4.69) is 0 Å². The van der Waals surface area contributed by atoms with Gasteiger partial charge in [-0.15, -0.1) is 0 Å². The Morgan fingerprint density at radius 3 is 2.18 bits per heavy atom. The first-order valence-electron chi connectivity index (χ1n) is 3.83. The molecule has 0 aliphatic carbocycles. The second-order valence-corrected chi connectivity index (χ2v) is 5.82. The number of nitrogens with zero attached hydrogens (tertiary/aromatic N) is 1. The molecule has 0 saturated heterocycles. The van der Waals surface area contributed by atoms with E-state index in [0.717, 1.165) is 0 Å². The van der Waals surface area contributed by atoms with Crippen LogP contribution in [-0.2, 0) is 15.2 Å². The van der Waals surface area contributed by atoms with Crippen molar-refractivity contribution >= 4 is 31.3 Å². The van der Waals surface area contributed by atoms with E-state index in [-0.39, 0.29) is 6.07 Å². The van der Waals surface area contributed by atoms with Gasteiger partial charge in [-0.3, -0.25) is 0 Å². The number of hydrogen-bond acceptors (Lipinski definition) is 3. The second-order valence-electron chi connectivity index (χ2n) is 2.88. The maximum absolute atomic E-state index is 12.5. The molecule has 0 aliphatic rings. The van der Waals surface area contributed by atoms with E-state index in [9.17, 15) is 21.6 Å². The molecule has 0 heterocycles. The predicted molar refractivity (Wildman–Crippen MR) is 54.2 cm³/mol. The standard InChI is InChI=1S/C8H2Cl2F3NO2S/c9-6-1-4(3-14)5(8(11,12)13)2-7(6)17(10,15)16/h1-2H. The summed E-state index contributed by atoms with van der Waals surface area (Å²) >= 11 is 5.43. The van der Waals surface area contributed by atoms with Gasteiger partial charge in [-0.2, -0.15) is 18.4 Å². The van der Waals surface area contributed by atoms with Crippen molar-refractivity contribution in [1.82, 2.24) is 0 Å². The van der Waals surface area contributed by atoms with E-state index in [1.165, 1.54) is 6.07 Å². The molecule has 0 spiro atoms. The molecule has 92 valence electrons. The summed E-state index contributed by atoms with van der Waals surface area (Å²) in [5, 5.41) is 7.97. The van der Waals surface area contributed by atoms with Crippen LogP contribution in [0, 0.1) is 11.3 Å². The smallest absolute Gasteiger partial charge is 0.207 e. The Morgan fingerprint density at radius 1 is 1.29 bits per heavy atom. The highest BCUT2D eigenvalue weighted by atomic mass is 35.7. The van der Waals surface area contributed by atoms with Gasteiger partial charge in [-0.1, -0.05) is 11.6 Å². The van der Waals surface area contributed by atoms with Crippen LogP contribution >= 0.6 is 22.3 Å². The number of halogens is 5. The summed E-state index contributed by atoms with van der Waals surface area (Å²) < 4.78 is 59.4. The van der Waals surface area contributed by atoms with Gasteiger partial charge in [0.2, 0.25) is 0 Å². The highest BCUT2D eigenvalue weighted by molar-refractivity contribution is 8.13. The lowest BCUT2D eigenvalue weighted by atomic mass is 10.1. The van der Waals surface area contributed by atoms with E-state index in [4.69, 9.17) is 27.5 Å². The molecule has 0 bridgehead atoms. The van der Waals surface area contributed by atoms with Crippen molar-refractivity contribution in [2.24, 2.45) is 0 Å². The molecule has 0 atom stereocenters. The third-order valence-corrected chi connectivity index (χ3v) is 3.55. The molecule has 0 saturated carbocycles. The van der Waals surface area contributed by atoms with Crippen LogP contribution in [0.4, 0.5) is 13.2 Å². The number of nitriles is 1. The molecular formula is C8H2Cl2F3NO2S. The van der Waals surface area contributed by atoms with E-state index in [0.29, 0.717) is 6.07 Å². The van der Waals surface area contributed by atoms with Gasteiger partial charge in [0.15, 0.2) is 0 Å². The highest BCUT2D eigenvalue weighted by Crippen LogP contribution is 2.36. The van der Waals surface area contributed by atoms with Crippen molar-refractivity contribution in [3.05, 3.63) is 28.3 Å². The Labute approximate surface area is 104 Å². The van der Waals surface area contributed by atoms with Crippen LogP contribution in [-0.4, -0.2) is 8.42 Å². The summed E-state index contributed by atoms with van der Waals surface area (Å²) in [4.78, 5) is -0.882. The summed E-state index contributed by atoms with van der Waals surface area (Å²) in [6, 6.07) is 2.13. The van der Waals surface area contributed by atoms with Crippen molar-refractivity contribution < 1.29 is 21.6 Å². The molecule has 0 aromatic heterocycles. The van der Waals surface area contributed by atoms with Crippen LogP contribution in [0.5, 0.6) is 0 Å². The molecule has 0 unspecified atom stereocenters. The number of hydrogen-bond donors (Lipinski definition) is 0. The molecule has 0 N–H and O–H groups in total. The van der Waals surface area contributed by atoms with E-state index in [1.54, 1.807) is 0 Å². The minimum Gasteiger partial charge on any atom is -0.207 e. The maximum atomic E-state index is 12.5. The van der Waals surface area contributed by atoms with Crippen molar-refractivity contribution in [1.29, 1.82) is 5.26 Å². The molecule has 0 amide bonds. The number of alkyl halides is 3. The minimum atomic E-state index is -4.87. The average molecular weight is 304 g/mol. The Morgan fingerprint density at radius 2 is 1.82 bits per heavy atom. The van der Waals surface area contributed by atoms with Crippen LogP contribution < -0.4 is 0 Å². The predicted octanol–water partition coefficient (Wildman–Crippen LogP) is 3.16. The summed E-state index contributed by atoms with van der Waals surface area (Å²) in [6.45, 7) is 0. The van der Waals surface area contributed by atoms with Crippen molar-refractivity contribution in [2.75, 3.05) is 0 Å². The van der Waals surface area contributed by atoms with E-state index < -0.39 is 36.3 Å². The maximum Gasteiger partial charge on any atom is 0.417 e. The summed E-state index contributed by atoms with van der Waals surface area (Å²) in [5.74, 6) is 0. The third kappa shape index (κ3) is 3.03. The molecule has 17 heavy (non-hydrogen) atoms. The summed E-state index contributed by atoms with van der Waals surface area (Å²) in [5.41, 5.74) is -2.17. The van der Waals surface area contributed by atoms with Gasteiger partial charge in [0, 0.05) is 10.7 Å². The van der Waals surface area contributed by atoms with Gasteiger partial charge in [-0.25, -0.2) is 8.42 Å². The lowest BCUT2D eigenvalue weighted by Crippen LogP contribution is -2.09. The topological polar surface area (TPSA) is 57.9 Å². The average Bonchev–Trinajstić information content (AvgIpc) is 2.13. The van der Waals surface area contributed by atoms with Crippen molar-refractivity contribution in [3.8, 4) is 6.07 Å². The summed E-state index contributed by atoms with van der Waals surface area (Å²) in [6.07, 6.45) is -4.87. The fourth-order valence-corrected chi connectivity index (χ4v) is 2.59. The number of benzene rings is 1. The monoisotopic (exact) mass is 303 g/mol. The Balaban J connectivity index is 3.69. The molecule has 1 rings (SSSR count). The van der Waals surface area contributed by atoms with Crippen LogP contribution in [0.15, 0.2) is 17.0 Å². The van der Waals surface area contributed by atoms with Crippen LogP contribution in [0.1, 0.15) is 11.1 Å². The Hall–Kier alpha value is -0.970. The second kappa shape index (κ2) is 4.37. The molecule has 3 nitrogen and oxygen atoms in total. The largest absolute Gasteiger partial charge is 0.417 e. The molecule has 0 radical (unpaired) electrons. The molecule has 1 aromatic rings.